The predicted molar refractivity (Wildman–Crippen MR) is 135 cm³/mol. The van der Waals surface area contributed by atoms with Crippen molar-refractivity contribution in [2.24, 2.45) is 5.73 Å². The number of imidazole rings is 1. The first-order valence-corrected chi connectivity index (χ1v) is 12.0. The standard InChI is InChI=1S/C27H28F2N6O/c1-3-36-15-17-10-22(28)26(23(29)11-17)24-5-4-20-13-32-27(35(20)34-24)33-25-14-31-7-6-21(25)18-8-16(2)9-19(30)12-18/h4-7,9-11,13-14,18-19H,3,8,12,15,30H2,1-2H3,(H,32,33)/t18-,19+/m1/s1. The number of fused-ring (bicyclic) bond motifs is 1. The number of anilines is 2. The molecular formula is C27H28F2N6O. The van der Waals surface area contributed by atoms with Crippen LogP contribution in [0.2, 0.25) is 0 Å². The van der Waals surface area contributed by atoms with Crippen LogP contribution in [0.4, 0.5) is 20.4 Å². The van der Waals surface area contributed by atoms with Gasteiger partial charge < -0.3 is 15.8 Å². The Bertz CT molecular complexity index is 1410. The van der Waals surface area contributed by atoms with Gasteiger partial charge in [-0.25, -0.2) is 13.8 Å². The van der Waals surface area contributed by atoms with Gasteiger partial charge in [0, 0.05) is 18.8 Å². The van der Waals surface area contributed by atoms with Crippen molar-refractivity contribution in [3.05, 3.63) is 83.3 Å². The Balaban J connectivity index is 1.49. The highest BCUT2D eigenvalue weighted by molar-refractivity contribution is 5.66. The summed E-state index contributed by atoms with van der Waals surface area (Å²) in [7, 11) is 0. The van der Waals surface area contributed by atoms with E-state index in [1.54, 1.807) is 30.7 Å². The largest absolute Gasteiger partial charge is 0.377 e. The second kappa shape index (κ2) is 10.1. The number of halogens is 2. The number of allylic oxidation sites excluding steroid dienone is 1. The molecule has 1 aromatic carbocycles. The predicted octanol–water partition coefficient (Wildman–Crippen LogP) is 5.50. The molecule has 0 unspecified atom stereocenters. The van der Waals surface area contributed by atoms with Gasteiger partial charge in [-0.1, -0.05) is 11.6 Å². The second-order valence-corrected chi connectivity index (χ2v) is 9.11. The molecule has 3 N–H and O–H groups in total. The number of aromatic nitrogens is 4. The lowest BCUT2D eigenvalue weighted by atomic mass is 9.82. The SMILES string of the molecule is CCOCc1cc(F)c(-c2ccc3cnc(Nc4cnccc4[C@@H]4CC(C)=C[C@H](N)C4)n3n2)c(F)c1. The van der Waals surface area contributed by atoms with Crippen LogP contribution in [0.3, 0.4) is 0 Å². The van der Waals surface area contributed by atoms with Gasteiger partial charge in [0.15, 0.2) is 0 Å². The number of nitrogens with one attached hydrogen (secondary N) is 1. The fraction of sp³-hybridized carbons (Fsp3) is 0.296. The molecule has 186 valence electrons. The molecule has 36 heavy (non-hydrogen) atoms. The van der Waals surface area contributed by atoms with Crippen LogP contribution in [0.25, 0.3) is 16.8 Å². The third kappa shape index (κ3) is 4.84. The molecule has 1 aliphatic rings. The molecule has 3 aromatic heterocycles. The Morgan fingerprint density at radius 2 is 1.97 bits per heavy atom. The van der Waals surface area contributed by atoms with Crippen molar-refractivity contribution < 1.29 is 13.5 Å². The molecule has 0 bridgehead atoms. The summed E-state index contributed by atoms with van der Waals surface area (Å²) in [6, 6.07) is 7.86. The fourth-order valence-electron chi connectivity index (χ4n) is 4.80. The zero-order valence-corrected chi connectivity index (χ0v) is 20.2. The maximum atomic E-state index is 14.9. The molecule has 3 heterocycles. The van der Waals surface area contributed by atoms with Crippen molar-refractivity contribution in [2.45, 2.75) is 45.3 Å². The number of hydrogen-bond acceptors (Lipinski definition) is 6. The van der Waals surface area contributed by atoms with Crippen molar-refractivity contribution in [2.75, 3.05) is 11.9 Å². The molecule has 0 radical (unpaired) electrons. The summed E-state index contributed by atoms with van der Waals surface area (Å²) >= 11 is 0. The topological polar surface area (TPSA) is 90.4 Å². The molecule has 9 heteroatoms. The second-order valence-electron chi connectivity index (χ2n) is 9.11. The zero-order valence-electron chi connectivity index (χ0n) is 20.2. The molecular weight excluding hydrogens is 462 g/mol. The van der Waals surface area contributed by atoms with Crippen molar-refractivity contribution >= 4 is 17.2 Å². The number of nitrogens with two attached hydrogens (primary N) is 1. The van der Waals surface area contributed by atoms with E-state index in [9.17, 15) is 8.78 Å². The van der Waals surface area contributed by atoms with Crippen LogP contribution in [0.5, 0.6) is 0 Å². The normalized spacial score (nSPS) is 17.9. The average molecular weight is 491 g/mol. The number of rotatable bonds is 7. The molecule has 5 rings (SSSR count). The Labute approximate surface area is 208 Å². The van der Waals surface area contributed by atoms with E-state index >= 15 is 0 Å². The first kappa shape index (κ1) is 24.0. The van der Waals surface area contributed by atoms with Gasteiger partial charge >= 0.3 is 0 Å². The van der Waals surface area contributed by atoms with E-state index in [-0.39, 0.29) is 29.8 Å². The van der Waals surface area contributed by atoms with E-state index < -0.39 is 11.6 Å². The van der Waals surface area contributed by atoms with Crippen molar-refractivity contribution in [1.82, 2.24) is 19.6 Å². The van der Waals surface area contributed by atoms with Crippen LogP contribution in [-0.2, 0) is 11.3 Å². The molecule has 0 spiro atoms. The Hall–Kier alpha value is -3.69. The highest BCUT2D eigenvalue weighted by Crippen LogP contribution is 2.36. The van der Waals surface area contributed by atoms with Crippen LogP contribution >= 0.6 is 0 Å². The molecule has 0 saturated carbocycles. The lowest BCUT2D eigenvalue weighted by Gasteiger charge is -2.27. The van der Waals surface area contributed by atoms with Crippen LogP contribution in [0, 0.1) is 11.6 Å². The van der Waals surface area contributed by atoms with E-state index in [4.69, 9.17) is 10.5 Å². The summed E-state index contributed by atoms with van der Waals surface area (Å²) in [6.07, 6.45) is 9.01. The minimum Gasteiger partial charge on any atom is -0.377 e. The third-order valence-electron chi connectivity index (χ3n) is 6.38. The maximum Gasteiger partial charge on any atom is 0.229 e. The van der Waals surface area contributed by atoms with Crippen LogP contribution in [0.1, 0.15) is 43.7 Å². The van der Waals surface area contributed by atoms with Crippen LogP contribution in [0.15, 0.2) is 60.6 Å². The number of benzene rings is 1. The molecule has 1 aliphatic carbocycles. The van der Waals surface area contributed by atoms with E-state index in [1.807, 2.05) is 13.0 Å². The molecule has 0 amide bonds. The number of pyridine rings is 1. The Kier molecular flexibility index (Phi) is 6.75. The van der Waals surface area contributed by atoms with Gasteiger partial charge in [-0.15, -0.1) is 0 Å². The minimum absolute atomic E-state index is 0.00552. The molecule has 2 atom stereocenters. The maximum absolute atomic E-state index is 14.9. The van der Waals surface area contributed by atoms with Crippen molar-refractivity contribution in [3.8, 4) is 11.3 Å². The number of hydrogen-bond donors (Lipinski definition) is 2. The monoisotopic (exact) mass is 490 g/mol. The Morgan fingerprint density at radius 1 is 1.17 bits per heavy atom. The molecule has 0 aliphatic heterocycles. The quantitative estimate of drug-likeness (QED) is 0.333. The number of nitrogens with zero attached hydrogens (tertiary/aromatic N) is 4. The highest BCUT2D eigenvalue weighted by Gasteiger charge is 2.23. The fourth-order valence-corrected chi connectivity index (χ4v) is 4.80. The van der Waals surface area contributed by atoms with Gasteiger partial charge in [-0.05, 0) is 74.1 Å². The van der Waals surface area contributed by atoms with Gasteiger partial charge in [-0.3, -0.25) is 4.98 Å². The van der Waals surface area contributed by atoms with Crippen molar-refractivity contribution in [3.63, 3.8) is 0 Å². The summed E-state index contributed by atoms with van der Waals surface area (Å²) in [5.41, 5.74) is 10.4. The van der Waals surface area contributed by atoms with E-state index in [0.29, 0.717) is 23.6 Å². The third-order valence-corrected chi connectivity index (χ3v) is 6.38. The van der Waals surface area contributed by atoms with Gasteiger partial charge in [0.25, 0.3) is 0 Å². The molecule has 7 nitrogen and oxygen atoms in total. The number of ether oxygens (including phenoxy) is 1. The van der Waals surface area contributed by atoms with Crippen molar-refractivity contribution in [1.29, 1.82) is 0 Å². The van der Waals surface area contributed by atoms with Gasteiger partial charge in [0.2, 0.25) is 5.95 Å². The average Bonchev–Trinajstić information content (AvgIpc) is 3.24. The summed E-state index contributed by atoms with van der Waals surface area (Å²) in [4.78, 5) is 8.74. The zero-order chi connectivity index (χ0) is 25.2. The molecule has 0 saturated heterocycles. The first-order chi connectivity index (χ1) is 17.4. The lowest BCUT2D eigenvalue weighted by Crippen LogP contribution is -2.25. The first-order valence-electron chi connectivity index (χ1n) is 12.0. The summed E-state index contributed by atoms with van der Waals surface area (Å²) in [5, 5.41) is 7.84. The van der Waals surface area contributed by atoms with Gasteiger partial charge in [-0.2, -0.15) is 9.61 Å². The van der Waals surface area contributed by atoms with Gasteiger partial charge in [0.05, 0.1) is 41.5 Å². The summed E-state index contributed by atoms with van der Waals surface area (Å²) in [5.74, 6) is -0.735. The van der Waals surface area contributed by atoms with Crippen LogP contribution < -0.4 is 11.1 Å². The van der Waals surface area contributed by atoms with Crippen LogP contribution in [-0.4, -0.2) is 32.2 Å². The Morgan fingerprint density at radius 3 is 2.72 bits per heavy atom. The summed E-state index contributed by atoms with van der Waals surface area (Å²) in [6.45, 7) is 4.52. The molecule has 4 aromatic rings. The molecule has 0 fully saturated rings. The summed E-state index contributed by atoms with van der Waals surface area (Å²) < 4.78 is 36.7. The minimum atomic E-state index is -0.696. The lowest BCUT2D eigenvalue weighted by molar-refractivity contribution is 0.133. The van der Waals surface area contributed by atoms with E-state index in [2.05, 4.69) is 33.4 Å². The van der Waals surface area contributed by atoms with Gasteiger partial charge in [0.1, 0.15) is 11.6 Å². The van der Waals surface area contributed by atoms with E-state index in [0.717, 1.165) is 24.1 Å². The van der Waals surface area contributed by atoms with E-state index in [1.165, 1.54) is 22.2 Å². The smallest absolute Gasteiger partial charge is 0.229 e. The highest BCUT2D eigenvalue weighted by atomic mass is 19.1.